The predicted molar refractivity (Wildman–Crippen MR) is 96.4 cm³/mol. The molecule has 0 atom stereocenters. The van der Waals surface area contributed by atoms with Crippen molar-refractivity contribution in [3.05, 3.63) is 46.6 Å². The van der Waals surface area contributed by atoms with Gasteiger partial charge in [-0.25, -0.2) is 19.2 Å². The highest BCUT2D eigenvalue weighted by molar-refractivity contribution is 5.98. The van der Waals surface area contributed by atoms with Crippen molar-refractivity contribution in [2.24, 2.45) is 5.41 Å². The number of carbonyl (C=O) groups excluding carboxylic acids is 1. The summed E-state index contributed by atoms with van der Waals surface area (Å²) in [5, 5.41) is 12.4. The summed E-state index contributed by atoms with van der Waals surface area (Å²) >= 11 is 0. The minimum atomic E-state index is -1.35. The molecule has 0 aliphatic rings. The molecule has 2 aromatic heterocycles. The van der Waals surface area contributed by atoms with E-state index >= 15 is 0 Å². The van der Waals surface area contributed by atoms with Crippen LogP contribution in [0, 0.1) is 5.41 Å². The number of rotatable bonds is 3. The van der Waals surface area contributed by atoms with E-state index in [-0.39, 0.29) is 17.0 Å². The van der Waals surface area contributed by atoms with Crippen LogP contribution in [0.15, 0.2) is 35.5 Å². The number of amides is 1. The number of anilines is 1. The molecule has 8 heteroatoms. The lowest BCUT2D eigenvalue weighted by Gasteiger charge is -2.17. The van der Waals surface area contributed by atoms with Gasteiger partial charge in [-0.15, -0.1) is 0 Å². The van der Waals surface area contributed by atoms with Crippen LogP contribution in [0.1, 0.15) is 37.6 Å². The summed E-state index contributed by atoms with van der Waals surface area (Å²) in [6.45, 7) is 5.92. The Labute approximate surface area is 148 Å². The zero-order valence-corrected chi connectivity index (χ0v) is 14.6. The first-order valence-corrected chi connectivity index (χ1v) is 7.99. The molecule has 0 saturated heterocycles. The van der Waals surface area contributed by atoms with Gasteiger partial charge in [0.15, 0.2) is 0 Å². The third-order valence-corrected chi connectivity index (χ3v) is 3.75. The molecule has 0 radical (unpaired) electrons. The summed E-state index contributed by atoms with van der Waals surface area (Å²) < 4.78 is 1.09. The van der Waals surface area contributed by atoms with Gasteiger partial charge in [0, 0.05) is 23.7 Å². The number of carbonyl (C=O) groups is 2. The maximum absolute atomic E-state index is 12.3. The number of carboxylic acid groups (broad SMARTS) is 1. The molecule has 3 rings (SSSR count). The smallest absolute Gasteiger partial charge is 0.342 e. The van der Waals surface area contributed by atoms with Crippen molar-refractivity contribution in [1.29, 1.82) is 0 Å². The Morgan fingerprint density at radius 1 is 1.23 bits per heavy atom. The van der Waals surface area contributed by atoms with E-state index in [9.17, 15) is 14.4 Å². The third kappa shape index (κ3) is 3.39. The summed E-state index contributed by atoms with van der Waals surface area (Å²) in [5.74, 6) is -1.47. The number of aromatic carboxylic acids is 1. The molecule has 1 aromatic carbocycles. The average molecular weight is 354 g/mol. The standard InChI is InChI=1S/C18H18N4O4/c1-18(2,3)7-14(23)21-10-4-5-13-11(6-10)15-19-8-12(17(25)26)16(24)22(15)9-20-13/h4-6,8-9H,7H2,1-3H3,(H,21,23)(H,25,26). The Balaban J connectivity index is 2.09. The lowest BCUT2D eigenvalue weighted by atomic mass is 9.92. The van der Waals surface area contributed by atoms with Gasteiger partial charge in [-0.1, -0.05) is 20.8 Å². The summed E-state index contributed by atoms with van der Waals surface area (Å²) in [6.07, 6.45) is 2.64. The molecule has 8 nitrogen and oxygen atoms in total. The number of nitrogens with zero attached hydrogens (tertiary/aromatic N) is 3. The number of fused-ring (bicyclic) bond motifs is 3. The highest BCUT2D eigenvalue weighted by Gasteiger charge is 2.17. The van der Waals surface area contributed by atoms with Gasteiger partial charge in [0.2, 0.25) is 5.91 Å². The minimum Gasteiger partial charge on any atom is -0.477 e. The van der Waals surface area contributed by atoms with Gasteiger partial charge in [0.25, 0.3) is 5.56 Å². The van der Waals surface area contributed by atoms with Crippen LogP contribution < -0.4 is 10.9 Å². The molecule has 134 valence electrons. The number of nitrogens with one attached hydrogen (secondary N) is 1. The second-order valence-corrected chi connectivity index (χ2v) is 7.24. The fourth-order valence-corrected chi connectivity index (χ4v) is 2.63. The largest absolute Gasteiger partial charge is 0.477 e. The van der Waals surface area contributed by atoms with Crippen LogP contribution in [0.5, 0.6) is 0 Å². The van der Waals surface area contributed by atoms with Crippen LogP contribution in [0.2, 0.25) is 0 Å². The van der Waals surface area contributed by atoms with Gasteiger partial charge in [0.05, 0.1) is 5.52 Å². The molecule has 2 N–H and O–H groups in total. The number of carboxylic acids is 1. The molecule has 0 bridgehead atoms. The summed E-state index contributed by atoms with van der Waals surface area (Å²) in [7, 11) is 0. The topological polar surface area (TPSA) is 114 Å². The van der Waals surface area contributed by atoms with Crippen LogP contribution in [-0.2, 0) is 4.79 Å². The number of aromatic nitrogens is 3. The van der Waals surface area contributed by atoms with Crippen molar-refractivity contribution in [3.63, 3.8) is 0 Å². The van der Waals surface area contributed by atoms with Crippen molar-refractivity contribution in [2.45, 2.75) is 27.2 Å². The highest BCUT2D eigenvalue weighted by atomic mass is 16.4. The van der Waals surface area contributed by atoms with E-state index < -0.39 is 17.1 Å². The average Bonchev–Trinajstić information content (AvgIpc) is 2.52. The van der Waals surface area contributed by atoms with Crippen LogP contribution >= 0.6 is 0 Å². The molecule has 1 amide bonds. The quantitative estimate of drug-likeness (QED) is 0.698. The van der Waals surface area contributed by atoms with E-state index in [1.807, 2.05) is 20.8 Å². The molecular weight excluding hydrogens is 336 g/mol. The number of benzene rings is 1. The zero-order chi connectivity index (χ0) is 19.1. The lowest BCUT2D eigenvalue weighted by Crippen LogP contribution is -2.23. The van der Waals surface area contributed by atoms with Crippen LogP contribution in [0.3, 0.4) is 0 Å². The Hall–Kier alpha value is -3.29. The molecule has 0 unspecified atom stereocenters. The first-order valence-electron chi connectivity index (χ1n) is 7.99. The Morgan fingerprint density at radius 2 is 1.96 bits per heavy atom. The van der Waals surface area contributed by atoms with Crippen molar-refractivity contribution in [3.8, 4) is 0 Å². The van der Waals surface area contributed by atoms with E-state index in [2.05, 4.69) is 15.3 Å². The Morgan fingerprint density at radius 3 is 2.62 bits per heavy atom. The van der Waals surface area contributed by atoms with E-state index in [0.717, 1.165) is 10.6 Å². The maximum Gasteiger partial charge on any atom is 0.342 e. The lowest BCUT2D eigenvalue weighted by molar-refractivity contribution is -0.117. The van der Waals surface area contributed by atoms with Crippen molar-refractivity contribution in [1.82, 2.24) is 14.4 Å². The van der Waals surface area contributed by atoms with Crippen molar-refractivity contribution in [2.75, 3.05) is 5.32 Å². The van der Waals surface area contributed by atoms with Gasteiger partial charge in [0.1, 0.15) is 17.5 Å². The first kappa shape index (κ1) is 17.5. The van der Waals surface area contributed by atoms with E-state index in [1.54, 1.807) is 18.2 Å². The fourth-order valence-electron chi connectivity index (χ4n) is 2.63. The second-order valence-electron chi connectivity index (χ2n) is 7.24. The Bertz CT molecular complexity index is 1100. The summed E-state index contributed by atoms with van der Waals surface area (Å²) in [4.78, 5) is 43.8. The van der Waals surface area contributed by atoms with Crippen molar-refractivity contribution < 1.29 is 14.7 Å². The molecule has 0 aliphatic heterocycles. The first-order chi connectivity index (χ1) is 12.2. The number of hydrogen-bond donors (Lipinski definition) is 2. The monoisotopic (exact) mass is 354 g/mol. The summed E-state index contributed by atoms with van der Waals surface area (Å²) in [6, 6.07) is 5.10. The molecule has 0 spiro atoms. The summed E-state index contributed by atoms with van der Waals surface area (Å²) in [5.41, 5.74) is 0.123. The molecular formula is C18H18N4O4. The van der Waals surface area contributed by atoms with Crippen LogP contribution in [0.25, 0.3) is 16.6 Å². The van der Waals surface area contributed by atoms with Gasteiger partial charge in [-0.3, -0.25) is 9.59 Å². The normalized spacial score (nSPS) is 11.7. The predicted octanol–water partition coefficient (Wildman–Crippen LogP) is 2.32. The van der Waals surface area contributed by atoms with E-state index in [0.29, 0.717) is 23.0 Å². The van der Waals surface area contributed by atoms with Gasteiger partial charge in [-0.2, -0.15) is 0 Å². The van der Waals surface area contributed by atoms with Gasteiger partial charge < -0.3 is 10.4 Å². The molecule has 3 aromatic rings. The highest BCUT2D eigenvalue weighted by Crippen LogP contribution is 2.23. The van der Waals surface area contributed by atoms with E-state index in [1.165, 1.54) is 6.33 Å². The van der Waals surface area contributed by atoms with Gasteiger partial charge in [-0.05, 0) is 23.6 Å². The third-order valence-electron chi connectivity index (χ3n) is 3.75. The zero-order valence-electron chi connectivity index (χ0n) is 14.6. The molecule has 0 fully saturated rings. The SMILES string of the molecule is CC(C)(C)CC(=O)Nc1ccc2ncn3c(=O)c(C(=O)O)cnc3c2c1. The van der Waals surface area contributed by atoms with E-state index in [4.69, 9.17) is 5.11 Å². The van der Waals surface area contributed by atoms with Gasteiger partial charge >= 0.3 is 5.97 Å². The molecule has 2 heterocycles. The second kappa shape index (κ2) is 6.21. The molecule has 0 saturated carbocycles. The van der Waals surface area contributed by atoms with Crippen molar-refractivity contribution >= 4 is 34.1 Å². The minimum absolute atomic E-state index is 0.122. The van der Waals surface area contributed by atoms with Crippen LogP contribution in [0.4, 0.5) is 5.69 Å². The molecule has 0 aliphatic carbocycles. The fraction of sp³-hybridized carbons (Fsp3) is 0.278. The molecule has 26 heavy (non-hydrogen) atoms. The number of hydrogen-bond acceptors (Lipinski definition) is 5. The maximum atomic E-state index is 12.3. The van der Waals surface area contributed by atoms with Crippen LogP contribution in [-0.4, -0.2) is 31.4 Å². The Kier molecular flexibility index (Phi) is 4.19.